The van der Waals surface area contributed by atoms with E-state index >= 15 is 0 Å². The van der Waals surface area contributed by atoms with Gasteiger partial charge in [0.2, 0.25) is 5.91 Å². The molecule has 0 spiro atoms. The van der Waals surface area contributed by atoms with Crippen molar-refractivity contribution in [3.63, 3.8) is 0 Å². The summed E-state index contributed by atoms with van der Waals surface area (Å²) in [4.78, 5) is 46.9. The Morgan fingerprint density at radius 3 is 2.52 bits per heavy atom. The van der Waals surface area contributed by atoms with E-state index in [4.69, 9.17) is 4.74 Å². The predicted molar refractivity (Wildman–Crippen MR) is 112 cm³/mol. The largest absolute Gasteiger partial charge is 0.494 e. The minimum atomic E-state index is -0.630. The van der Waals surface area contributed by atoms with Crippen molar-refractivity contribution in [2.24, 2.45) is 0 Å². The van der Waals surface area contributed by atoms with Crippen LogP contribution in [0.3, 0.4) is 0 Å². The Morgan fingerprint density at radius 1 is 1.13 bits per heavy atom. The molecule has 0 N–H and O–H groups in total. The molecule has 0 aliphatic carbocycles. The average molecular weight is 428 g/mol. The second-order valence-corrected chi connectivity index (χ2v) is 6.71. The van der Waals surface area contributed by atoms with Crippen LogP contribution in [0.4, 0.5) is 5.69 Å². The summed E-state index contributed by atoms with van der Waals surface area (Å²) in [5.41, 5.74) is 0.571. The van der Waals surface area contributed by atoms with Gasteiger partial charge in [-0.2, -0.15) is 0 Å². The molecule has 164 valence electrons. The molecular weight excluding hydrogens is 404 g/mol. The Morgan fingerprint density at radius 2 is 1.87 bits per heavy atom. The number of aldehydes is 1. The Labute approximate surface area is 179 Å². The lowest BCUT2D eigenvalue weighted by atomic mass is 10.1. The molecular formula is C22H24N2O7. The summed E-state index contributed by atoms with van der Waals surface area (Å²) in [6.07, 6.45) is 1.72. The van der Waals surface area contributed by atoms with Gasteiger partial charge in [-0.15, -0.1) is 0 Å². The van der Waals surface area contributed by atoms with E-state index in [1.807, 2.05) is 30.3 Å². The van der Waals surface area contributed by atoms with Crippen molar-refractivity contribution in [3.8, 4) is 5.75 Å². The number of nitro groups is 1. The molecule has 2 aromatic rings. The number of nitrogens with zero attached hydrogens (tertiary/aromatic N) is 2. The first-order valence-corrected chi connectivity index (χ1v) is 9.69. The van der Waals surface area contributed by atoms with E-state index in [-0.39, 0.29) is 36.7 Å². The van der Waals surface area contributed by atoms with Gasteiger partial charge in [0.15, 0.2) is 6.29 Å². The van der Waals surface area contributed by atoms with Crippen LogP contribution >= 0.6 is 0 Å². The number of methoxy groups -OCH3 is 1. The van der Waals surface area contributed by atoms with Gasteiger partial charge in [0.25, 0.3) is 5.69 Å². The molecule has 0 fully saturated rings. The highest BCUT2D eigenvalue weighted by molar-refractivity contribution is 5.82. The fourth-order valence-corrected chi connectivity index (χ4v) is 2.87. The maximum atomic E-state index is 12.6. The number of amides is 1. The molecule has 0 bridgehead atoms. The van der Waals surface area contributed by atoms with Crippen molar-refractivity contribution in [2.75, 3.05) is 20.3 Å². The lowest BCUT2D eigenvalue weighted by molar-refractivity contribution is -0.385. The summed E-state index contributed by atoms with van der Waals surface area (Å²) >= 11 is 0. The van der Waals surface area contributed by atoms with E-state index in [0.29, 0.717) is 31.4 Å². The van der Waals surface area contributed by atoms with Crippen molar-refractivity contribution in [1.82, 2.24) is 4.90 Å². The van der Waals surface area contributed by atoms with Crippen molar-refractivity contribution in [2.45, 2.75) is 25.8 Å². The van der Waals surface area contributed by atoms with Crippen LogP contribution in [0.1, 0.15) is 35.2 Å². The van der Waals surface area contributed by atoms with Gasteiger partial charge >= 0.3 is 5.97 Å². The number of hydrogen-bond acceptors (Lipinski definition) is 7. The van der Waals surface area contributed by atoms with Crippen molar-refractivity contribution in [1.29, 1.82) is 0 Å². The zero-order chi connectivity index (χ0) is 22.6. The third-order valence-electron chi connectivity index (χ3n) is 4.49. The number of hydrogen-bond donors (Lipinski definition) is 0. The summed E-state index contributed by atoms with van der Waals surface area (Å²) in [5, 5.41) is 10.9. The minimum Gasteiger partial charge on any atom is -0.494 e. The number of unbranched alkanes of at least 4 members (excludes halogenated alkanes) is 1. The van der Waals surface area contributed by atoms with Gasteiger partial charge in [0, 0.05) is 19.0 Å². The van der Waals surface area contributed by atoms with Crippen molar-refractivity contribution >= 4 is 23.9 Å². The maximum Gasteiger partial charge on any atom is 0.325 e. The summed E-state index contributed by atoms with van der Waals surface area (Å²) in [6, 6.07) is 13.3. The predicted octanol–water partition coefficient (Wildman–Crippen LogP) is 3.16. The number of benzene rings is 2. The van der Waals surface area contributed by atoms with Crippen LogP contribution in [0.5, 0.6) is 5.75 Å². The number of carbonyl (C=O) groups is 3. The van der Waals surface area contributed by atoms with Crippen LogP contribution in [0.2, 0.25) is 0 Å². The standard InChI is InChI=1S/C22H24N2O7/c1-30-22(27)15-23(14-17-7-3-2-4-8-17)21(26)9-5-6-12-31-19-10-11-20(24(28)29)18(13-19)16-25/h2-4,7-8,10-11,13,16H,5-6,9,12,14-15H2,1H3. The number of nitro benzene ring substituents is 1. The van der Waals surface area contributed by atoms with Crippen LogP contribution in [0.15, 0.2) is 48.5 Å². The molecule has 0 atom stereocenters. The van der Waals surface area contributed by atoms with E-state index in [1.54, 1.807) is 0 Å². The third kappa shape index (κ3) is 7.54. The molecule has 1 amide bonds. The van der Waals surface area contributed by atoms with E-state index in [9.17, 15) is 24.5 Å². The molecule has 0 saturated carbocycles. The first kappa shape index (κ1) is 23.5. The fraction of sp³-hybridized carbons (Fsp3) is 0.318. The van der Waals surface area contributed by atoms with E-state index in [1.165, 1.54) is 30.2 Å². The molecule has 0 saturated heterocycles. The summed E-state index contributed by atoms with van der Waals surface area (Å²) < 4.78 is 10.2. The van der Waals surface area contributed by atoms with Crippen LogP contribution in [-0.2, 0) is 20.9 Å². The van der Waals surface area contributed by atoms with Crippen LogP contribution in [0.25, 0.3) is 0 Å². The zero-order valence-electron chi connectivity index (χ0n) is 17.2. The van der Waals surface area contributed by atoms with E-state index in [2.05, 4.69) is 4.74 Å². The second kappa shape index (κ2) is 12.1. The number of ether oxygens (including phenoxy) is 2. The Bertz CT molecular complexity index is 915. The average Bonchev–Trinajstić information content (AvgIpc) is 2.78. The van der Waals surface area contributed by atoms with Gasteiger partial charge in [-0.25, -0.2) is 0 Å². The summed E-state index contributed by atoms with van der Waals surface area (Å²) in [5.74, 6) is -0.319. The molecule has 0 radical (unpaired) electrons. The monoisotopic (exact) mass is 428 g/mol. The Balaban J connectivity index is 1.83. The van der Waals surface area contributed by atoms with Gasteiger partial charge in [0.1, 0.15) is 12.3 Å². The van der Waals surface area contributed by atoms with Gasteiger partial charge in [0.05, 0.1) is 24.2 Å². The van der Waals surface area contributed by atoms with Gasteiger partial charge in [-0.3, -0.25) is 24.5 Å². The SMILES string of the molecule is COC(=O)CN(Cc1ccccc1)C(=O)CCCCOc1ccc([N+](=O)[O-])c(C=O)c1. The minimum absolute atomic E-state index is 0.0583. The lowest BCUT2D eigenvalue weighted by Crippen LogP contribution is -2.35. The summed E-state index contributed by atoms with van der Waals surface area (Å²) in [7, 11) is 1.28. The second-order valence-electron chi connectivity index (χ2n) is 6.71. The van der Waals surface area contributed by atoms with Gasteiger partial charge in [-0.1, -0.05) is 30.3 Å². The fourth-order valence-electron chi connectivity index (χ4n) is 2.87. The highest BCUT2D eigenvalue weighted by atomic mass is 16.6. The first-order chi connectivity index (χ1) is 14.9. The molecule has 0 heterocycles. The number of esters is 1. The van der Waals surface area contributed by atoms with E-state index < -0.39 is 10.9 Å². The molecule has 2 rings (SSSR count). The smallest absolute Gasteiger partial charge is 0.325 e. The van der Waals surface area contributed by atoms with Crippen LogP contribution in [0, 0.1) is 10.1 Å². The Hall–Kier alpha value is -3.75. The number of rotatable bonds is 12. The molecule has 2 aromatic carbocycles. The zero-order valence-corrected chi connectivity index (χ0v) is 17.2. The van der Waals surface area contributed by atoms with Crippen LogP contribution < -0.4 is 4.74 Å². The molecule has 31 heavy (non-hydrogen) atoms. The van der Waals surface area contributed by atoms with Gasteiger partial charge in [-0.05, 0) is 30.5 Å². The first-order valence-electron chi connectivity index (χ1n) is 9.69. The molecule has 0 aliphatic heterocycles. The topological polar surface area (TPSA) is 116 Å². The normalized spacial score (nSPS) is 10.2. The van der Waals surface area contributed by atoms with E-state index in [0.717, 1.165) is 5.56 Å². The van der Waals surface area contributed by atoms with Gasteiger partial charge < -0.3 is 14.4 Å². The molecule has 0 aliphatic rings. The maximum absolute atomic E-state index is 12.6. The highest BCUT2D eigenvalue weighted by Gasteiger charge is 2.18. The number of carbonyl (C=O) groups excluding carboxylic acids is 3. The highest BCUT2D eigenvalue weighted by Crippen LogP contribution is 2.22. The molecule has 9 heteroatoms. The summed E-state index contributed by atoms with van der Waals surface area (Å²) in [6.45, 7) is 0.458. The quantitative estimate of drug-likeness (QED) is 0.168. The Kier molecular flexibility index (Phi) is 9.15. The van der Waals surface area contributed by atoms with Crippen LogP contribution in [-0.4, -0.2) is 48.2 Å². The molecule has 9 nitrogen and oxygen atoms in total. The lowest BCUT2D eigenvalue weighted by Gasteiger charge is -2.21. The van der Waals surface area contributed by atoms with Crippen molar-refractivity contribution in [3.05, 3.63) is 69.8 Å². The molecule has 0 unspecified atom stereocenters. The van der Waals surface area contributed by atoms with Crippen molar-refractivity contribution < 1.29 is 28.8 Å². The third-order valence-corrected chi connectivity index (χ3v) is 4.49. The molecule has 0 aromatic heterocycles.